The second-order valence-electron chi connectivity index (χ2n) is 10.5. The van der Waals surface area contributed by atoms with Gasteiger partial charge in [0, 0.05) is 6.61 Å². The largest absolute Gasteiger partial charge is 0.414 e. The van der Waals surface area contributed by atoms with Crippen LogP contribution < -0.4 is 0 Å². The summed E-state index contributed by atoms with van der Waals surface area (Å²) in [4.78, 5) is 0. The maximum atomic E-state index is 6.14. The van der Waals surface area contributed by atoms with Gasteiger partial charge in [-0.2, -0.15) is 0 Å². The minimum absolute atomic E-state index is 0.293. The normalized spacial score (nSPS) is 12.6. The lowest BCUT2D eigenvalue weighted by atomic mass is 10.0. The van der Waals surface area contributed by atoms with E-state index >= 15 is 0 Å². The number of rotatable bonds is 21. The van der Waals surface area contributed by atoms with Crippen LogP contribution in [0, 0.1) is 0 Å². The van der Waals surface area contributed by atoms with Gasteiger partial charge in [-0.05, 0) is 24.6 Å². The third kappa shape index (κ3) is 18.6. The third-order valence-corrected chi connectivity index (χ3v) is 11.2. The molecule has 0 fully saturated rings. The van der Waals surface area contributed by atoms with Crippen LogP contribution in [0.25, 0.3) is 0 Å². The summed E-state index contributed by atoms with van der Waals surface area (Å²) < 4.78 is 11.9. The summed E-state index contributed by atoms with van der Waals surface area (Å²) in [6.07, 6.45) is 22.7. The maximum Gasteiger partial charge on any atom is 0.192 e. The standard InChI is InChI=1S/C26H56O2Si/c1-7-8-9-10-11-12-13-14-15-16-17-18-19-20-21-22-23-27-24-25-28-29(5,6)26(2,3)4/h7-25H2,1-6H3. The molecule has 0 bridgehead atoms. The minimum atomic E-state index is -1.60. The van der Waals surface area contributed by atoms with Crippen LogP contribution in [-0.2, 0) is 9.16 Å². The summed E-state index contributed by atoms with van der Waals surface area (Å²) in [6, 6.07) is 0. The van der Waals surface area contributed by atoms with E-state index in [0.29, 0.717) is 5.04 Å². The Morgan fingerprint density at radius 2 is 0.897 bits per heavy atom. The molecule has 3 heteroatoms. The molecule has 176 valence electrons. The summed E-state index contributed by atoms with van der Waals surface area (Å²) in [5.74, 6) is 0. The molecule has 0 saturated carbocycles. The average molecular weight is 429 g/mol. The number of hydrogen-bond donors (Lipinski definition) is 0. The van der Waals surface area contributed by atoms with Crippen molar-refractivity contribution in [3.63, 3.8) is 0 Å². The Balaban J connectivity index is 3.17. The summed E-state index contributed by atoms with van der Waals surface area (Å²) in [5, 5.41) is 0.293. The summed E-state index contributed by atoms with van der Waals surface area (Å²) in [5.41, 5.74) is 0. The molecule has 0 amide bonds. The molecule has 0 saturated heterocycles. The molecular weight excluding hydrogens is 372 g/mol. The summed E-state index contributed by atoms with van der Waals surface area (Å²) >= 11 is 0. The lowest BCUT2D eigenvalue weighted by Gasteiger charge is -2.36. The number of hydrogen-bond acceptors (Lipinski definition) is 2. The van der Waals surface area contributed by atoms with Gasteiger partial charge in [-0.15, -0.1) is 0 Å². The zero-order valence-corrected chi connectivity index (χ0v) is 22.3. The van der Waals surface area contributed by atoms with Gasteiger partial charge in [0.2, 0.25) is 0 Å². The molecule has 0 aromatic carbocycles. The number of unbranched alkanes of at least 4 members (excludes halogenated alkanes) is 15. The van der Waals surface area contributed by atoms with E-state index in [9.17, 15) is 0 Å². The Hall–Kier alpha value is 0.137. The molecule has 29 heavy (non-hydrogen) atoms. The van der Waals surface area contributed by atoms with Crippen molar-refractivity contribution in [2.75, 3.05) is 19.8 Å². The molecule has 0 unspecified atom stereocenters. The van der Waals surface area contributed by atoms with Crippen LogP contribution in [0.2, 0.25) is 18.1 Å². The molecule has 0 heterocycles. The predicted molar refractivity (Wildman–Crippen MR) is 134 cm³/mol. The van der Waals surface area contributed by atoms with Crippen LogP contribution in [0.1, 0.15) is 130 Å². The highest BCUT2D eigenvalue weighted by Crippen LogP contribution is 2.36. The zero-order valence-electron chi connectivity index (χ0n) is 21.3. The highest BCUT2D eigenvalue weighted by molar-refractivity contribution is 6.74. The van der Waals surface area contributed by atoms with Crippen molar-refractivity contribution in [2.24, 2.45) is 0 Å². The van der Waals surface area contributed by atoms with Gasteiger partial charge < -0.3 is 9.16 Å². The fourth-order valence-electron chi connectivity index (χ4n) is 3.43. The highest BCUT2D eigenvalue weighted by Gasteiger charge is 2.36. The third-order valence-electron chi connectivity index (χ3n) is 6.64. The first kappa shape index (κ1) is 29.1. The Morgan fingerprint density at radius 3 is 1.28 bits per heavy atom. The van der Waals surface area contributed by atoms with Gasteiger partial charge in [-0.3, -0.25) is 0 Å². The van der Waals surface area contributed by atoms with Crippen LogP contribution in [0.4, 0.5) is 0 Å². The summed E-state index contributed by atoms with van der Waals surface area (Å²) in [6.45, 7) is 16.2. The molecule has 0 atom stereocenters. The van der Waals surface area contributed by atoms with Crippen molar-refractivity contribution < 1.29 is 9.16 Å². The molecule has 0 rings (SSSR count). The van der Waals surface area contributed by atoms with Crippen LogP contribution in [0.15, 0.2) is 0 Å². The molecule has 0 aliphatic carbocycles. The number of ether oxygens (including phenoxy) is 1. The fraction of sp³-hybridized carbons (Fsp3) is 1.00. The van der Waals surface area contributed by atoms with Crippen molar-refractivity contribution >= 4 is 8.32 Å². The van der Waals surface area contributed by atoms with E-state index in [-0.39, 0.29) is 0 Å². The van der Waals surface area contributed by atoms with Crippen LogP contribution in [0.3, 0.4) is 0 Å². The molecule has 0 aromatic heterocycles. The smallest absolute Gasteiger partial charge is 0.192 e. The van der Waals surface area contributed by atoms with Gasteiger partial charge in [-0.25, -0.2) is 0 Å². The summed E-state index contributed by atoms with van der Waals surface area (Å²) in [7, 11) is -1.60. The molecule has 0 spiro atoms. The Kier molecular flexibility index (Phi) is 19.0. The van der Waals surface area contributed by atoms with Crippen LogP contribution in [-0.4, -0.2) is 28.1 Å². The second-order valence-corrected chi connectivity index (χ2v) is 15.3. The van der Waals surface area contributed by atoms with E-state index in [4.69, 9.17) is 9.16 Å². The van der Waals surface area contributed by atoms with Crippen LogP contribution >= 0.6 is 0 Å². The van der Waals surface area contributed by atoms with E-state index in [1.54, 1.807) is 0 Å². The van der Waals surface area contributed by atoms with E-state index in [1.165, 1.54) is 103 Å². The van der Waals surface area contributed by atoms with Crippen molar-refractivity contribution in [3.05, 3.63) is 0 Å². The molecule has 0 radical (unpaired) electrons. The molecule has 0 aromatic rings. The first-order chi connectivity index (χ1) is 13.8. The highest BCUT2D eigenvalue weighted by atomic mass is 28.4. The van der Waals surface area contributed by atoms with E-state index in [1.807, 2.05) is 0 Å². The van der Waals surface area contributed by atoms with Crippen molar-refractivity contribution in [1.29, 1.82) is 0 Å². The topological polar surface area (TPSA) is 18.5 Å². The lowest BCUT2D eigenvalue weighted by molar-refractivity contribution is 0.0925. The van der Waals surface area contributed by atoms with Gasteiger partial charge in [0.25, 0.3) is 0 Å². The minimum Gasteiger partial charge on any atom is -0.414 e. The quantitative estimate of drug-likeness (QED) is 0.134. The lowest BCUT2D eigenvalue weighted by Crippen LogP contribution is -2.41. The van der Waals surface area contributed by atoms with Gasteiger partial charge in [-0.1, -0.05) is 124 Å². The maximum absolute atomic E-state index is 6.14. The predicted octanol–water partition coefficient (Wildman–Crippen LogP) is 9.29. The molecule has 0 N–H and O–H groups in total. The second kappa shape index (κ2) is 18.9. The van der Waals surface area contributed by atoms with E-state index < -0.39 is 8.32 Å². The van der Waals surface area contributed by atoms with Gasteiger partial charge in [0.15, 0.2) is 8.32 Å². The van der Waals surface area contributed by atoms with Crippen LogP contribution in [0.5, 0.6) is 0 Å². The van der Waals surface area contributed by atoms with Gasteiger partial charge >= 0.3 is 0 Å². The SMILES string of the molecule is CCCCCCCCCCCCCCCCCCOCCO[Si](C)(C)C(C)(C)C. The Labute approximate surface area is 186 Å². The molecule has 0 aliphatic rings. The fourth-order valence-corrected chi connectivity index (χ4v) is 4.45. The molecular formula is C26H56O2Si. The van der Waals surface area contributed by atoms with Crippen molar-refractivity contribution in [3.8, 4) is 0 Å². The zero-order chi connectivity index (χ0) is 21.8. The van der Waals surface area contributed by atoms with E-state index in [2.05, 4.69) is 40.8 Å². The average Bonchev–Trinajstić information content (AvgIpc) is 2.65. The molecule has 0 aliphatic heterocycles. The first-order valence-electron chi connectivity index (χ1n) is 13.0. The Morgan fingerprint density at radius 1 is 0.517 bits per heavy atom. The monoisotopic (exact) mass is 428 g/mol. The Bertz CT molecular complexity index is 336. The van der Waals surface area contributed by atoms with Crippen molar-refractivity contribution in [1.82, 2.24) is 0 Å². The van der Waals surface area contributed by atoms with Crippen molar-refractivity contribution in [2.45, 2.75) is 149 Å². The van der Waals surface area contributed by atoms with Gasteiger partial charge in [0.05, 0.1) is 13.2 Å². The van der Waals surface area contributed by atoms with Gasteiger partial charge in [0.1, 0.15) is 0 Å². The van der Waals surface area contributed by atoms with E-state index in [0.717, 1.165) is 19.8 Å². The molecule has 2 nitrogen and oxygen atoms in total. The first-order valence-corrected chi connectivity index (χ1v) is 15.9.